The van der Waals surface area contributed by atoms with Crippen LogP contribution in [0, 0.1) is 10.1 Å². The minimum absolute atomic E-state index is 0.0119. The molecular formula is C20H17N3O4. The van der Waals surface area contributed by atoms with E-state index in [2.05, 4.69) is 10.3 Å². The van der Waals surface area contributed by atoms with Gasteiger partial charge in [0.2, 0.25) is 0 Å². The van der Waals surface area contributed by atoms with Crippen LogP contribution in [0.5, 0.6) is 0 Å². The molecule has 1 N–H and O–H groups in total. The molecule has 1 amide bonds. The SMILES string of the molecule is O=C(NCC=Cc1ccc([N+](=O)[O-])c2cnccc12)OCc1ccccc1. The molecule has 0 unspecified atom stereocenters. The van der Waals surface area contributed by atoms with Crippen LogP contribution in [0.25, 0.3) is 16.8 Å². The van der Waals surface area contributed by atoms with Crippen molar-refractivity contribution < 1.29 is 14.5 Å². The molecule has 3 aromatic rings. The Hall–Kier alpha value is -3.74. The highest BCUT2D eigenvalue weighted by Crippen LogP contribution is 2.28. The van der Waals surface area contributed by atoms with Crippen LogP contribution in [0.2, 0.25) is 0 Å². The summed E-state index contributed by atoms with van der Waals surface area (Å²) in [6, 6.07) is 14.3. The molecule has 0 bridgehead atoms. The largest absolute Gasteiger partial charge is 0.445 e. The number of rotatable bonds is 6. The second-order valence-electron chi connectivity index (χ2n) is 5.70. The number of carbonyl (C=O) groups excluding carboxylic acids is 1. The maximum atomic E-state index is 11.7. The number of amides is 1. The van der Waals surface area contributed by atoms with E-state index in [0.717, 1.165) is 16.5 Å². The molecule has 0 aliphatic heterocycles. The first-order valence-corrected chi connectivity index (χ1v) is 8.27. The van der Waals surface area contributed by atoms with Crippen LogP contribution in [0.4, 0.5) is 10.5 Å². The van der Waals surface area contributed by atoms with Gasteiger partial charge in [0.1, 0.15) is 6.61 Å². The first-order chi connectivity index (χ1) is 13.1. The van der Waals surface area contributed by atoms with Crippen molar-refractivity contribution >= 4 is 28.6 Å². The van der Waals surface area contributed by atoms with Gasteiger partial charge in [0.05, 0.1) is 10.3 Å². The summed E-state index contributed by atoms with van der Waals surface area (Å²) in [5.74, 6) is 0. The Bertz CT molecular complexity index is 987. The summed E-state index contributed by atoms with van der Waals surface area (Å²) >= 11 is 0. The fraction of sp³-hybridized carbons (Fsp3) is 0.100. The van der Waals surface area contributed by atoms with E-state index in [1.54, 1.807) is 30.5 Å². The van der Waals surface area contributed by atoms with Crippen LogP contribution in [-0.4, -0.2) is 22.5 Å². The Kier molecular flexibility index (Phi) is 5.73. The molecule has 27 heavy (non-hydrogen) atoms. The Labute approximate surface area is 155 Å². The van der Waals surface area contributed by atoms with Crippen LogP contribution in [0.15, 0.2) is 67.0 Å². The van der Waals surface area contributed by atoms with Crippen molar-refractivity contribution in [1.82, 2.24) is 10.3 Å². The zero-order valence-corrected chi connectivity index (χ0v) is 14.4. The van der Waals surface area contributed by atoms with Crippen LogP contribution in [0.1, 0.15) is 11.1 Å². The molecule has 1 heterocycles. The molecule has 1 aromatic heterocycles. The second-order valence-corrected chi connectivity index (χ2v) is 5.70. The number of aromatic nitrogens is 1. The number of nitrogens with one attached hydrogen (secondary N) is 1. The molecule has 0 radical (unpaired) electrons. The number of carbonyl (C=O) groups is 1. The Morgan fingerprint density at radius 1 is 1.15 bits per heavy atom. The van der Waals surface area contributed by atoms with Crippen molar-refractivity contribution in [2.24, 2.45) is 0 Å². The number of pyridine rings is 1. The lowest BCUT2D eigenvalue weighted by Gasteiger charge is -2.05. The van der Waals surface area contributed by atoms with Gasteiger partial charge in [-0.1, -0.05) is 42.5 Å². The second kappa shape index (κ2) is 8.57. The lowest BCUT2D eigenvalue weighted by Crippen LogP contribution is -2.24. The number of fused-ring (bicyclic) bond motifs is 1. The van der Waals surface area contributed by atoms with Crippen molar-refractivity contribution in [1.29, 1.82) is 0 Å². The van der Waals surface area contributed by atoms with E-state index in [9.17, 15) is 14.9 Å². The van der Waals surface area contributed by atoms with Crippen molar-refractivity contribution in [2.45, 2.75) is 6.61 Å². The van der Waals surface area contributed by atoms with Gasteiger partial charge >= 0.3 is 6.09 Å². The van der Waals surface area contributed by atoms with Gasteiger partial charge in [0, 0.05) is 25.0 Å². The van der Waals surface area contributed by atoms with E-state index in [1.807, 2.05) is 30.3 Å². The summed E-state index contributed by atoms with van der Waals surface area (Å²) in [5.41, 5.74) is 1.73. The molecule has 0 saturated heterocycles. The number of nitrogens with zero attached hydrogens (tertiary/aromatic N) is 2. The van der Waals surface area contributed by atoms with E-state index in [0.29, 0.717) is 5.39 Å². The van der Waals surface area contributed by atoms with Crippen LogP contribution in [-0.2, 0) is 11.3 Å². The van der Waals surface area contributed by atoms with Crippen molar-refractivity contribution in [3.63, 3.8) is 0 Å². The van der Waals surface area contributed by atoms with E-state index in [-0.39, 0.29) is 18.8 Å². The van der Waals surface area contributed by atoms with E-state index < -0.39 is 11.0 Å². The number of non-ortho nitro benzene ring substituents is 1. The minimum atomic E-state index is -0.513. The van der Waals surface area contributed by atoms with Crippen LogP contribution in [0.3, 0.4) is 0 Å². The lowest BCUT2D eigenvalue weighted by atomic mass is 10.0. The number of alkyl carbamates (subject to hydrolysis) is 1. The first-order valence-electron chi connectivity index (χ1n) is 8.27. The Morgan fingerprint density at radius 3 is 2.74 bits per heavy atom. The van der Waals surface area contributed by atoms with Gasteiger partial charge in [-0.2, -0.15) is 0 Å². The summed E-state index contributed by atoms with van der Waals surface area (Å²) < 4.78 is 5.13. The van der Waals surface area contributed by atoms with Crippen molar-refractivity contribution in [3.8, 4) is 0 Å². The van der Waals surface area contributed by atoms with Gasteiger partial charge in [0.25, 0.3) is 5.69 Å². The molecular weight excluding hydrogens is 346 g/mol. The number of ether oxygens (including phenoxy) is 1. The highest BCUT2D eigenvalue weighted by Gasteiger charge is 2.13. The third-order valence-corrected chi connectivity index (χ3v) is 3.90. The van der Waals surface area contributed by atoms with Gasteiger partial charge in [-0.15, -0.1) is 0 Å². The molecule has 0 saturated carbocycles. The summed E-state index contributed by atoms with van der Waals surface area (Å²) in [6.07, 6.45) is 6.10. The number of benzene rings is 2. The molecule has 0 aliphatic rings. The molecule has 7 heteroatoms. The molecule has 2 aromatic carbocycles. The first kappa shape index (κ1) is 18.1. The molecule has 0 aliphatic carbocycles. The fourth-order valence-corrected chi connectivity index (χ4v) is 2.61. The lowest BCUT2D eigenvalue weighted by molar-refractivity contribution is -0.383. The average Bonchev–Trinajstić information content (AvgIpc) is 2.70. The molecule has 0 atom stereocenters. The highest BCUT2D eigenvalue weighted by atomic mass is 16.6. The smallest absolute Gasteiger partial charge is 0.407 e. The third kappa shape index (κ3) is 4.66. The number of nitro benzene ring substituents is 1. The minimum Gasteiger partial charge on any atom is -0.445 e. The number of hydrogen-bond donors (Lipinski definition) is 1. The normalized spacial score (nSPS) is 10.8. The summed E-state index contributed by atoms with van der Waals surface area (Å²) in [5, 5.41) is 15.0. The maximum Gasteiger partial charge on any atom is 0.407 e. The topological polar surface area (TPSA) is 94.4 Å². The zero-order valence-electron chi connectivity index (χ0n) is 14.4. The third-order valence-electron chi connectivity index (χ3n) is 3.90. The number of nitro groups is 1. The van der Waals surface area contributed by atoms with Crippen LogP contribution < -0.4 is 5.32 Å². The van der Waals surface area contributed by atoms with Crippen molar-refractivity contribution in [3.05, 3.63) is 88.2 Å². The molecule has 0 spiro atoms. The van der Waals surface area contributed by atoms with Gasteiger partial charge < -0.3 is 10.1 Å². The van der Waals surface area contributed by atoms with Crippen molar-refractivity contribution in [2.75, 3.05) is 6.54 Å². The Balaban J connectivity index is 1.59. The van der Waals surface area contributed by atoms with Gasteiger partial charge in [0.15, 0.2) is 0 Å². The highest BCUT2D eigenvalue weighted by molar-refractivity contribution is 5.96. The number of hydrogen-bond acceptors (Lipinski definition) is 5. The molecule has 7 nitrogen and oxygen atoms in total. The Morgan fingerprint density at radius 2 is 1.96 bits per heavy atom. The van der Waals surface area contributed by atoms with Gasteiger partial charge in [-0.3, -0.25) is 15.1 Å². The monoisotopic (exact) mass is 363 g/mol. The summed E-state index contributed by atoms with van der Waals surface area (Å²) in [4.78, 5) is 26.4. The van der Waals surface area contributed by atoms with E-state index >= 15 is 0 Å². The predicted molar refractivity (Wildman–Crippen MR) is 102 cm³/mol. The van der Waals surface area contributed by atoms with Crippen LogP contribution >= 0.6 is 0 Å². The van der Waals surface area contributed by atoms with E-state index in [1.165, 1.54) is 12.3 Å². The average molecular weight is 363 g/mol. The standard InChI is InChI=1S/C20H17N3O4/c24-20(27-14-15-5-2-1-3-6-15)22-11-4-7-16-8-9-19(23(25)26)18-13-21-12-10-17(16)18/h1-10,12-13H,11,14H2,(H,22,24). The van der Waals surface area contributed by atoms with E-state index in [4.69, 9.17) is 4.74 Å². The predicted octanol–water partition coefficient (Wildman–Crippen LogP) is 4.08. The molecule has 136 valence electrons. The quantitative estimate of drug-likeness (QED) is 0.526. The zero-order chi connectivity index (χ0) is 19.1. The fourth-order valence-electron chi connectivity index (χ4n) is 2.61. The van der Waals surface area contributed by atoms with Gasteiger partial charge in [-0.25, -0.2) is 4.79 Å². The maximum absolute atomic E-state index is 11.7. The summed E-state index contributed by atoms with van der Waals surface area (Å²) in [6.45, 7) is 0.480. The molecule has 3 rings (SSSR count). The molecule has 0 fully saturated rings. The van der Waals surface area contributed by atoms with Gasteiger partial charge in [-0.05, 0) is 28.6 Å². The summed E-state index contributed by atoms with van der Waals surface area (Å²) in [7, 11) is 0.